The van der Waals surface area contributed by atoms with E-state index < -0.39 is 0 Å². The van der Waals surface area contributed by atoms with Gasteiger partial charge in [0.25, 0.3) is 0 Å². The van der Waals surface area contributed by atoms with Gasteiger partial charge in [0.2, 0.25) is 5.71 Å². The second kappa shape index (κ2) is 10.7. The van der Waals surface area contributed by atoms with Crippen LogP contribution in [0.5, 0.6) is 11.5 Å². The first-order valence-corrected chi connectivity index (χ1v) is 17.0. The van der Waals surface area contributed by atoms with Crippen LogP contribution in [0.25, 0.3) is 0 Å². The Morgan fingerprint density at radius 1 is 0.756 bits per heavy atom. The molecular weight excluding hydrogens is 554 g/mol. The maximum absolute atomic E-state index is 5.89. The Labute approximate surface area is 270 Å². The number of nitrogens with zero attached hydrogens (tertiary/aromatic N) is 3. The second-order valence-electron chi connectivity index (χ2n) is 14.1. The Morgan fingerprint density at radius 3 is 1.96 bits per heavy atom. The molecule has 0 aromatic heterocycles. The summed E-state index contributed by atoms with van der Waals surface area (Å²) in [5.41, 5.74) is 16.4. The van der Waals surface area contributed by atoms with E-state index in [4.69, 9.17) is 9.47 Å². The highest BCUT2D eigenvalue weighted by Gasteiger charge is 2.61. The van der Waals surface area contributed by atoms with E-state index in [0.29, 0.717) is 0 Å². The van der Waals surface area contributed by atoms with Crippen LogP contribution in [0.1, 0.15) is 88.1 Å². The lowest BCUT2D eigenvalue weighted by Gasteiger charge is -2.27. The molecule has 5 heteroatoms. The highest BCUT2D eigenvalue weighted by molar-refractivity contribution is 6.12. The maximum Gasteiger partial charge on any atom is 0.206 e. The van der Waals surface area contributed by atoms with Crippen molar-refractivity contribution < 1.29 is 14.0 Å². The molecule has 0 bridgehead atoms. The summed E-state index contributed by atoms with van der Waals surface area (Å²) in [6, 6.07) is 6.89. The molecule has 45 heavy (non-hydrogen) atoms. The average Bonchev–Trinajstić information content (AvgIpc) is 3.48. The van der Waals surface area contributed by atoms with Crippen molar-refractivity contribution in [2.75, 3.05) is 50.2 Å². The molecule has 3 aliphatic heterocycles. The third-order valence-electron chi connectivity index (χ3n) is 11.3. The summed E-state index contributed by atoms with van der Waals surface area (Å²) in [4.78, 5) is 5.02. The SMILES string of the molecule is CCN1C(=CC=C2CC/C(=C\C=C3\N(CC)c4cc(C)c(OC)cc4C3(C)C)C2=[N+]2CCCC2)C2(C)c3c1cc(C)c(OC)c32. The zero-order valence-electron chi connectivity index (χ0n) is 28.9. The Kier molecular flexibility index (Phi) is 7.11. The van der Waals surface area contributed by atoms with Crippen LogP contribution in [0.3, 0.4) is 0 Å². The van der Waals surface area contributed by atoms with Crippen molar-refractivity contribution in [3.05, 3.63) is 92.9 Å². The van der Waals surface area contributed by atoms with E-state index in [1.165, 1.54) is 80.3 Å². The smallest absolute Gasteiger partial charge is 0.206 e. The summed E-state index contributed by atoms with van der Waals surface area (Å²) in [5, 5.41) is 0. The molecule has 7 rings (SSSR count). The van der Waals surface area contributed by atoms with Crippen LogP contribution in [-0.2, 0) is 10.8 Å². The lowest BCUT2D eigenvalue weighted by atomic mass is 9.83. The van der Waals surface area contributed by atoms with Gasteiger partial charge in [0.15, 0.2) is 0 Å². The zero-order valence-corrected chi connectivity index (χ0v) is 28.9. The summed E-state index contributed by atoms with van der Waals surface area (Å²) in [7, 11) is 3.59. The monoisotopic (exact) mass is 604 g/mol. The average molecular weight is 605 g/mol. The van der Waals surface area contributed by atoms with Crippen LogP contribution >= 0.6 is 0 Å². The van der Waals surface area contributed by atoms with E-state index in [1.54, 1.807) is 7.11 Å². The molecule has 1 saturated heterocycles. The molecule has 0 radical (unpaired) electrons. The van der Waals surface area contributed by atoms with Gasteiger partial charge in [-0.3, -0.25) is 0 Å². The molecule has 2 aromatic carbocycles. The van der Waals surface area contributed by atoms with Gasteiger partial charge in [0, 0.05) is 76.4 Å². The van der Waals surface area contributed by atoms with Gasteiger partial charge in [-0.05, 0) is 94.5 Å². The van der Waals surface area contributed by atoms with E-state index in [2.05, 4.69) is 105 Å². The van der Waals surface area contributed by atoms with E-state index in [-0.39, 0.29) is 10.8 Å². The number of benzene rings is 2. The summed E-state index contributed by atoms with van der Waals surface area (Å²) >= 11 is 0. The fourth-order valence-corrected chi connectivity index (χ4v) is 8.97. The molecule has 0 amide bonds. The summed E-state index contributed by atoms with van der Waals surface area (Å²) in [6.45, 7) is 20.2. The lowest BCUT2D eigenvalue weighted by Crippen LogP contribution is -2.26. The largest absolute Gasteiger partial charge is 0.496 e. The molecule has 2 fully saturated rings. The molecule has 2 aromatic rings. The zero-order chi connectivity index (χ0) is 31.8. The first-order chi connectivity index (χ1) is 21.6. The standard InChI is InChI=1S/C40H50N3O2/c1-10-42-30-22-25(3)32(44-8)24-29(30)39(5,6)33(42)18-16-27-14-15-28(37(27)41-20-12-13-21-41)17-19-34-40(7)35-31(43(34)11-2)23-26(4)38(45-9)36(35)40/h16-19,22-24H,10-15,20-21H2,1-9H3/q+1. The molecule has 5 nitrogen and oxygen atoms in total. The van der Waals surface area contributed by atoms with Crippen molar-refractivity contribution in [2.24, 2.45) is 0 Å². The second-order valence-corrected chi connectivity index (χ2v) is 14.1. The minimum atomic E-state index is -0.100. The van der Waals surface area contributed by atoms with Gasteiger partial charge < -0.3 is 19.3 Å². The summed E-state index contributed by atoms with van der Waals surface area (Å²) in [6.07, 6.45) is 14.5. The minimum Gasteiger partial charge on any atom is -0.496 e. The normalized spacial score (nSPS) is 26.2. The number of likely N-dealkylation sites (N-methyl/N-ethyl adjacent to an activating group) is 2. The molecular formula is C40H50N3O2+. The predicted molar refractivity (Wildman–Crippen MR) is 187 cm³/mol. The van der Waals surface area contributed by atoms with Crippen molar-refractivity contribution >= 4 is 17.1 Å². The van der Waals surface area contributed by atoms with Crippen molar-refractivity contribution in [2.45, 2.75) is 85.0 Å². The molecule has 0 N–H and O–H groups in total. The van der Waals surface area contributed by atoms with Crippen LogP contribution in [0.15, 0.2) is 65.0 Å². The van der Waals surface area contributed by atoms with Crippen LogP contribution in [-0.4, -0.2) is 50.7 Å². The molecule has 236 valence electrons. The minimum absolute atomic E-state index is 0.0365. The predicted octanol–water partition coefficient (Wildman–Crippen LogP) is 8.26. The molecule has 1 saturated carbocycles. The van der Waals surface area contributed by atoms with E-state index in [0.717, 1.165) is 50.5 Å². The van der Waals surface area contributed by atoms with E-state index in [1.807, 2.05) is 7.11 Å². The van der Waals surface area contributed by atoms with Crippen LogP contribution in [0.2, 0.25) is 0 Å². The van der Waals surface area contributed by atoms with Crippen molar-refractivity contribution in [3.8, 4) is 11.5 Å². The fourth-order valence-electron chi connectivity index (χ4n) is 8.97. The molecule has 2 aliphatic carbocycles. The third-order valence-corrected chi connectivity index (χ3v) is 11.3. The van der Waals surface area contributed by atoms with Gasteiger partial charge in [0.05, 0.1) is 19.6 Å². The fraction of sp³-hybridized carbons (Fsp3) is 0.475. The highest BCUT2D eigenvalue weighted by Crippen LogP contribution is 2.69. The summed E-state index contributed by atoms with van der Waals surface area (Å²) < 4.78 is 14.3. The van der Waals surface area contributed by atoms with Gasteiger partial charge >= 0.3 is 0 Å². The molecule has 5 aliphatic rings. The number of rotatable bonds is 6. The van der Waals surface area contributed by atoms with Gasteiger partial charge in [-0.1, -0.05) is 26.0 Å². The number of hydrogen-bond donors (Lipinski definition) is 0. The Balaban J connectivity index is 1.27. The maximum atomic E-state index is 5.89. The van der Waals surface area contributed by atoms with Crippen molar-refractivity contribution in [3.63, 3.8) is 0 Å². The van der Waals surface area contributed by atoms with Crippen LogP contribution < -0.4 is 19.3 Å². The Morgan fingerprint density at radius 2 is 1.36 bits per heavy atom. The number of aryl methyl sites for hydroxylation is 2. The van der Waals surface area contributed by atoms with E-state index in [9.17, 15) is 0 Å². The lowest BCUT2D eigenvalue weighted by molar-refractivity contribution is -0.505. The topological polar surface area (TPSA) is 27.9 Å². The summed E-state index contributed by atoms with van der Waals surface area (Å²) in [5.74, 6) is 2.04. The first-order valence-electron chi connectivity index (χ1n) is 17.0. The molecule has 1 atom stereocenters. The number of methoxy groups -OCH3 is 2. The van der Waals surface area contributed by atoms with Gasteiger partial charge in [-0.25, -0.2) is 4.58 Å². The number of allylic oxidation sites excluding steroid dienone is 8. The quantitative estimate of drug-likeness (QED) is 0.310. The number of ether oxygens (including phenoxy) is 2. The Hall–Kier alpha value is -3.73. The van der Waals surface area contributed by atoms with Gasteiger partial charge in [0.1, 0.15) is 24.6 Å². The number of hydrogen-bond acceptors (Lipinski definition) is 4. The van der Waals surface area contributed by atoms with E-state index >= 15 is 0 Å². The van der Waals surface area contributed by atoms with Gasteiger partial charge in [-0.2, -0.15) is 0 Å². The van der Waals surface area contributed by atoms with Crippen molar-refractivity contribution in [1.29, 1.82) is 0 Å². The van der Waals surface area contributed by atoms with Crippen LogP contribution in [0, 0.1) is 13.8 Å². The van der Waals surface area contributed by atoms with Crippen molar-refractivity contribution in [1.82, 2.24) is 0 Å². The highest BCUT2D eigenvalue weighted by atomic mass is 16.5. The number of fused-ring (bicyclic) bond motifs is 2. The molecule has 0 spiro atoms. The molecule has 3 heterocycles. The first kappa shape index (κ1) is 30.0. The van der Waals surface area contributed by atoms with Crippen LogP contribution in [0.4, 0.5) is 11.4 Å². The third kappa shape index (κ3) is 4.22. The Bertz CT molecular complexity index is 1760. The number of anilines is 2. The molecule has 1 unspecified atom stereocenters. The van der Waals surface area contributed by atoms with Gasteiger partial charge in [-0.15, -0.1) is 0 Å².